The van der Waals surface area contributed by atoms with Crippen LogP contribution in [0.4, 0.5) is 5.82 Å². The summed E-state index contributed by atoms with van der Waals surface area (Å²) in [6.45, 7) is 7.11. The van der Waals surface area contributed by atoms with Gasteiger partial charge in [-0.2, -0.15) is 4.98 Å². The standard InChI is InChI=1S/C16H21N5O4/c1-4-5-17-12-9-13(19-7-18-12)21-14-11-10(24-16(2,3)25-11)8(23-14)6-22-15(21)20-9/h7-8,10-11,14H,4-6H2,1-3H3,(H,17,18,19)/t8-,10-,11-,14-/m1/s1. The van der Waals surface area contributed by atoms with Crippen molar-refractivity contribution < 1.29 is 18.9 Å². The van der Waals surface area contributed by atoms with Crippen LogP contribution in [0.1, 0.15) is 33.4 Å². The third-order valence-corrected chi connectivity index (χ3v) is 4.74. The van der Waals surface area contributed by atoms with Crippen LogP contribution in [-0.2, 0) is 14.2 Å². The van der Waals surface area contributed by atoms with Gasteiger partial charge >= 0.3 is 6.01 Å². The second kappa shape index (κ2) is 5.26. The number of ether oxygens (including phenoxy) is 4. The minimum atomic E-state index is -0.640. The molecular formula is C16H21N5O4. The fourth-order valence-electron chi connectivity index (χ4n) is 3.75. The highest BCUT2D eigenvalue weighted by Crippen LogP contribution is 2.46. The Labute approximate surface area is 144 Å². The lowest BCUT2D eigenvalue weighted by Crippen LogP contribution is -2.34. The predicted octanol–water partition coefficient (Wildman–Crippen LogP) is 1.46. The zero-order valence-corrected chi connectivity index (χ0v) is 14.4. The van der Waals surface area contributed by atoms with Crippen molar-refractivity contribution in [3.05, 3.63) is 6.33 Å². The molecule has 9 heteroatoms. The minimum absolute atomic E-state index is 0.162. The van der Waals surface area contributed by atoms with E-state index in [4.69, 9.17) is 18.9 Å². The average molecular weight is 347 g/mol. The Balaban J connectivity index is 1.61. The van der Waals surface area contributed by atoms with Gasteiger partial charge in [0.2, 0.25) is 0 Å². The van der Waals surface area contributed by atoms with Crippen molar-refractivity contribution in [2.24, 2.45) is 0 Å². The van der Waals surface area contributed by atoms with Crippen molar-refractivity contribution in [3.8, 4) is 6.01 Å². The first-order valence-electron chi connectivity index (χ1n) is 8.68. The Kier molecular flexibility index (Phi) is 3.22. The lowest BCUT2D eigenvalue weighted by Gasteiger charge is -2.22. The predicted molar refractivity (Wildman–Crippen MR) is 87.3 cm³/mol. The maximum absolute atomic E-state index is 6.16. The molecule has 0 amide bonds. The number of anilines is 1. The average Bonchev–Trinajstić information content (AvgIpc) is 3.14. The summed E-state index contributed by atoms with van der Waals surface area (Å²) in [6, 6.07) is 0.481. The molecule has 5 rings (SSSR count). The first-order valence-corrected chi connectivity index (χ1v) is 8.68. The second-order valence-corrected chi connectivity index (χ2v) is 7.03. The van der Waals surface area contributed by atoms with Crippen LogP contribution >= 0.6 is 0 Å². The molecule has 9 nitrogen and oxygen atoms in total. The Bertz CT molecular complexity index is 822. The fraction of sp³-hybridized carbons (Fsp3) is 0.688. The molecule has 0 radical (unpaired) electrons. The van der Waals surface area contributed by atoms with Gasteiger partial charge in [-0.25, -0.2) is 14.5 Å². The molecular weight excluding hydrogens is 326 g/mol. The van der Waals surface area contributed by atoms with Gasteiger partial charge in [-0.15, -0.1) is 0 Å². The summed E-state index contributed by atoms with van der Waals surface area (Å²) in [7, 11) is 0. The van der Waals surface area contributed by atoms with Gasteiger partial charge in [0.15, 0.2) is 29.0 Å². The Morgan fingerprint density at radius 3 is 2.96 bits per heavy atom. The Morgan fingerprint density at radius 1 is 1.28 bits per heavy atom. The summed E-state index contributed by atoms with van der Waals surface area (Å²) in [4.78, 5) is 13.3. The molecule has 0 aromatic carbocycles. The third-order valence-electron chi connectivity index (χ3n) is 4.74. The van der Waals surface area contributed by atoms with Crippen molar-refractivity contribution in [3.63, 3.8) is 0 Å². The van der Waals surface area contributed by atoms with Crippen LogP contribution in [0, 0.1) is 0 Å². The summed E-state index contributed by atoms with van der Waals surface area (Å²) in [5, 5.41) is 3.29. The van der Waals surface area contributed by atoms with Crippen molar-refractivity contribution in [1.82, 2.24) is 19.5 Å². The van der Waals surface area contributed by atoms with Crippen LogP contribution < -0.4 is 10.1 Å². The molecule has 134 valence electrons. The molecule has 4 atom stereocenters. The van der Waals surface area contributed by atoms with E-state index < -0.39 is 5.79 Å². The summed E-state index contributed by atoms with van der Waals surface area (Å²) in [5.74, 6) is 0.0605. The first-order chi connectivity index (χ1) is 12.1. The smallest absolute Gasteiger partial charge is 0.301 e. The largest absolute Gasteiger partial charge is 0.462 e. The number of hydrogen-bond acceptors (Lipinski definition) is 8. The number of aromatic nitrogens is 4. The minimum Gasteiger partial charge on any atom is -0.462 e. The van der Waals surface area contributed by atoms with E-state index in [-0.39, 0.29) is 24.5 Å². The molecule has 2 aromatic heterocycles. The van der Waals surface area contributed by atoms with Gasteiger partial charge in [-0.1, -0.05) is 6.92 Å². The number of rotatable bonds is 3. The number of nitrogens with one attached hydrogen (secondary N) is 1. The van der Waals surface area contributed by atoms with E-state index in [0.29, 0.717) is 29.6 Å². The van der Waals surface area contributed by atoms with Crippen LogP contribution in [0.3, 0.4) is 0 Å². The topological polar surface area (TPSA) is 92.6 Å². The third kappa shape index (κ3) is 2.22. The molecule has 0 spiro atoms. The van der Waals surface area contributed by atoms with Crippen LogP contribution in [0.2, 0.25) is 0 Å². The summed E-state index contributed by atoms with van der Waals surface area (Å²) in [6.07, 6.45) is 1.57. The monoisotopic (exact) mass is 347 g/mol. The number of hydrogen-bond donors (Lipinski definition) is 1. The molecule has 2 fully saturated rings. The van der Waals surface area contributed by atoms with E-state index in [1.807, 2.05) is 18.4 Å². The van der Waals surface area contributed by atoms with Crippen LogP contribution in [0.5, 0.6) is 6.01 Å². The lowest BCUT2D eigenvalue weighted by atomic mass is 10.1. The van der Waals surface area contributed by atoms with Crippen molar-refractivity contribution in [1.29, 1.82) is 0 Å². The van der Waals surface area contributed by atoms with E-state index in [1.54, 1.807) is 0 Å². The fourth-order valence-corrected chi connectivity index (χ4v) is 3.75. The molecule has 2 bridgehead atoms. The molecule has 3 aliphatic heterocycles. The molecule has 5 heterocycles. The highest BCUT2D eigenvalue weighted by atomic mass is 16.8. The van der Waals surface area contributed by atoms with Crippen molar-refractivity contribution >= 4 is 17.0 Å². The van der Waals surface area contributed by atoms with Gasteiger partial charge < -0.3 is 24.3 Å². The lowest BCUT2D eigenvalue weighted by molar-refractivity contribution is -0.195. The molecule has 0 aliphatic carbocycles. The summed E-state index contributed by atoms with van der Waals surface area (Å²) >= 11 is 0. The maximum atomic E-state index is 6.16. The molecule has 25 heavy (non-hydrogen) atoms. The number of fused-ring (bicyclic) bond motifs is 9. The summed E-state index contributed by atoms with van der Waals surface area (Å²) < 4.78 is 26.0. The van der Waals surface area contributed by atoms with E-state index in [1.165, 1.54) is 6.33 Å². The van der Waals surface area contributed by atoms with Crippen LogP contribution in [0.15, 0.2) is 6.33 Å². The number of imidazole rings is 1. The first kappa shape index (κ1) is 15.3. The number of nitrogens with zero attached hydrogens (tertiary/aromatic N) is 4. The zero-order valence-electron chi connectivity index (χ0n) is 14.4. The van der Waals surface area contributed by atoms with Crippen LogP contribution in [-0.4, -0.2) is 56.8 Å². The summed E-state index contributed by atoms with van der Waals surface area (Å²) in [5.41, 5.74) is 1.35. The van der Waals surface area contributed by atoms with E-state index in [9.17, 15) is 0 Å². The molecule has 0 saturated carbocycles. The molecule has 0 unspecified atom stereocenters. The van der Waals surface area contributed by atoms with Gasteiger partial charge in [-0.05, 0) is 20.3 Å². The highest BCUT2D eigenvalue weighted by Gasteiger charge is 2.58. The molecule has 1 N–H and O–H groups in total. The van der Waals surface area contributed by atoms with Gasteiger partial charge in [-0.3, -0.25) is 0 Å². The van der Waals surface area contributed by atoms with Gasteiger partial charge in [0.25, 0.3) is 0 Å². The van der Waals surface area contributed by atoms with Crippen LogP contribution in [0.25, 0.3) is 11.2 Å². The van der Waals surface area contributed by atoms with E-state index >= 15 is 0 Å². The molecule has 2 saturated heterocycles. The van der Waals surface area contributed by atoms with Gasteiger partial charge in [0.1, 0.15) is 31.2 Å². The second-order valence-electron chi connectivity index (χ2n) is 7.03. The van der Waals surface area contributed by atoms with E-state index in [2.05, 4.69) is 27.2 Å². The van der Waals surface area contributed by atoms with Gasteiger partial charge in [0, 0.05) is 6.54 Å². The zero-order chi connectivity index (χ0) is 17.2. The maximum Gasteiger partial charge on any atom is 0.301 e. The van der Waals surface area contributed by atoms with Crippen molar-refractivity contribution in [2.75, 3.05) is 18.5 Å². The Hall–Kier alpha value is -1.97. The normalized spacial score (nSPS) is 32.1. The quantitative estimate of drug-likeness (QED) is 0.892. The highest BCUT2D eigenvalue weighted by molar-refractivity contribution is 5.84. The molecule has 2 aromatic rings. The van der Waals surface area contributed by atoms with Gasteiger partial charge in [0.05, 0.1) is 0 Å². The SMILES string of the molecule is CCCNc1ncnc2c1nc1n2[C@@H]2O[C@H](CO1)[C@H]1OC(C)(C)O[C@H]12. The van der Waals surface area contributed by atoms with Crippen molar-refractivity contribution in [2.45, 2.75) is 57.5 Å². The molecule has 3 aliphatic rings. The Morgan fingerprint density at radius 2 is 2.12 bits per heavy atom. The van der Waals surface area contributed by atoms with E-state index in [0.717, 1.165) is 13.0 Å².